The minimum atomic E-state index is -0.163. The van der Waals surface area contributed by atoms with Gasteiger partial charge in [0.2, 0.25) is 0 Å². The standard InChI is InChI=1S/C18H14ClN3O2/c19-14-6-2-1-5-12(14)17(23)21-10-8-15-13(11-21)18(24)22-9-4-3-7-16(22)20-15/h1-7,9H,8,10-11H2. The molecule has 1 aliphatic heterocycles. The van der Waals surface area contributed by atoms with Crippen LogP contribution in [0.3, 0.4) is 0 Å². The highest BCUT2D eigenvalue weighted by molar-refractivity contribution is 6.33. The Kier molecular flexibility index (Phi) is 3.58. The van der Waals surface area contributed by atoms with Crippen molar-refractivity contribution in [1.82, 2.24) is 14.3 Å². The summed E-state index contributed by atoms with van der Waals surface area (Å²) in [5, 5.41) is 0.418. The number of carbonyl (C=O) groups excluding carboxylic acids is 1. The molecule has 0 aliphatic carbocycles. The quantitative estimate of drug-likeness (QED) is 0.684. The van der Waals surface area contributed by atoms with Crippen LogP contribution in [-0.2, 0) is 13.0 Å². The van der Waals surface area contributed by atoms with Crippen LogP contribution in [0.1, 0.15) is 21.6 Å². The number of nitrogens with zero attached hydrogens (tertiary/aromatic N) is 3. The number of hydrogen-bond acceptors (Lipinski definition) is 3. The number of halogens is 1. The van der Waals surface area contributed by atoms with E-state index >= 15 is 0 Å². The van der Waals surface area contributed by atoms with E-state index in [1.165, 1.54) is 4.40 Å². The number of pyridine rings is 1. The maximum Gasteiger partial charge on any atom is 0.263 e. The Hall–Kier alpha value is -2.66. The highest BCUT2D eigenvalue weighted by Crippen LogP contribution is 2.21. The summed E-state index contributed by atoms with van der Waals surface area (Å²) in [6.45, 7) is 0.773. The molecule has 2 aromatic heterocycles. The van der Waals surface area contributed by atoms with Gasteiger partial charge in [0, 0.05) is 19.2 Å². The lowest BCUT2D eigenvalue weighted by Crippen LogP contribution is -2.40. The number of carbonyl (C=O) groups is 1. The second-order valence-electron chi connectivity index (χ2n) is 5.73. The van der Waals surface area contributed by atoms with Crippen LogP contribution in [0, 0.1) is 0 Å². The Labute approximate surface area is 143 Å². The predicted octanol–water partition coefficient (Wildman–Crippen LogP) is 2.55. The van der Waals surface area contributed by atoms with E-state index in [0.717, 1.165) is 5.69 Å². The largest absolute Gasteiger partial charge is 0.334 e. The zero-order valence-corrected chi connectivity index (χ0v) is 13.5. The number of benzene rings is 1. The molecule has 0 spiro atoms. The van der Waals surface area contributed by atoms with E-state index in [1.807, 2.05) is 12.1 Å². The summed E-state index contributed by atoms with van der Waals surface area (Å²) in [4.78, 5) is 31.6. The van der Waals surface area contributed by atoms with Crippen molar-refractivity contribution in [1.29, 1.82) is 0 Å². The minimum Gasteiger partial charge on any atom is -0.334 e. The number of amides is 1. The first-order valence-electron chi connectivity index (χ1n) is 7.68. The molecule has 4 rings (SSSR count). The third kappa shape index (κ3) is 2.37. The molecule has 1 amide bonds. The van der Waals surface area contributed by atoms with Crippen LogP contribution in [0.25, 0.3) is 5.65 Å². The molecule has 0 radical (unpaired) electrons. The summed E-state index contributed by atoms with van der Waals surface area (Å²) in [7, 11) is 0. The average Bonchev–Trinajstić information content (AvgIpc) is 2.62. The third-order valence-electron chi connectivity index (χ3n) is 4.27. The second-order valence-corrected chi connectivity index (χ2v) is 6.13. The van der Waals surface area contributed by atoms with Crippen molar-refractivity contribution in [3.63, 3.8) is 0 Å². The maximum absolute atomic E-state index is 12.7. The van der Waals surface area contributed by atoms with Crippen molar-refractivity contribution in [2.75, 3.05) is 6.54 Å². The fourth-order valence-electron chi connectivity index (χ4n) is 3.03. The molecule has 0 N–H and O–H groups in total. The van der Waals surface area contributed by atoms with Crippen LogP contribution < -0.4 is 5.56 Å². The van der Waals surface area contributed by atoms with Crippen LogP contribution in [-0.4, -0.2) is 26.7 Å². The molecule has 0 unspecified atom stereocenters. The van der Waals surface area contributed by atoms with Gasteiger partial charge in [-0.05, 0) is 24.3 Å². The molecule has 0 saturated heterocycles. The molecular formula is C18H14ClN3O2. The number of rotatable bonds is 1. The molecule has 0 atom stereocenters. The van der Waals surface area contributed by atoms with Crippen molar-refractivity contribution in [2.24, 2.45) is 0 Å². The van der Waals surface area contributed by atoms with Gasteiger partial charge in [-0.25, -0.2) is 4.98 Å². The van der Waals surface area contributed by atoms with Gasteiger partial charge in [0.1, 0.15) is 5.65 Å². The lowest BCUT2D eigenvalue weighted by Gasteiger charge is -2.28. The zero-order chi connectivity index (χ0) is 16.7. The second kappa shape index (κ2) is 5.76. The minimum absolute atomic E-state index is 0.118. The van der Waals surface area contributed by atoms with Crippen molar-refractivity contribution in [3.05, 3.63) is 80.9 Å². The maximum atomic E-state index is 12.7. The summed E-state index contributed by atoms with van der Waals surface area (Å²) in [6, 6.07) is 12.4. The summed E-state index contributed by atoms with van der Waals surface area (Å²) in [5.41, 5.74) is 2.32. The van der Waals surface area contributed by atoms with Gasteiger partial charge in [0.15, 0.2) is 0 Å². The van der Waals surface area contributed by atoms with Crippen LogP contribution in [0.5, 0.6) is 0 Å². The Morgan fingerprint density at radius 1 is 1.12 bits per heavy atom. The van der Waals surface area contributed by atoms with E-state index in [0.29, 0.717) is 34.8 Å². The van der Waals surface area contributed by atoms with E-state index in [-0.39, 0.29) is 18.0 Å². The number of fused-ring (bicyclic) bond motifs is 2. The Morgan fingerprint density at radius 2 is 1.92 bits per heavy atom. The van der Waals surface area contributed by atoms with E-state index in [9.17, 15) is 9.59 Å². The zero-order valence-electron chi connectivity index (χ0n) is 12.8. The van der Waals surface area contributed by atoms with Crippen LogP contribution in [0.4, 0.5) is 0 Å². The summed E-state index contributed by atoms with van der Waals surface area (Å²) in [6.07, 6.45) is 2.26. The van der Waals surface area contributed by atoms with Crippen molar-refractivity contribution in [2.45, 2.75) is 13.0 Å². The molecule has 120 valence electrons. The summed E-state index contributed by atoms with van der Waals surface area (Å²) in [5.74, 6) is -0.163. The number of aromatic nitrogens is 2. The van der Waals surface area contributed by atoms with Crippen LogP contribution in [0.2, 0.25) is 5.02 Å². The monoisotopic (exact) mass is 339 g/mol. The van der Waals surface area contributed by atoms with Gasteiger partial charge in [0.05, 0.1) is 28.4 Å². The fourth-order valence-corrected chi connectivity index (χ4v) is 3.24. The topological polar surface area (TPSA) is 54.7 Å². The Balaban J connectivity index is 1.74. The van der Waals surface area contributed by atoms with E-state index in [2.05, 4.69) is 4.98 Å². The molecule has 3 heterocycles. The van der Waals surface area contributed by atoms with Crippen LogP contribution in [0.15, 0.2) is 53.5 Å². The van der Waals surface area contributed by atoms with Gasteiger partial charge in [-0.1, -0.05) is 29.8 Å². The predicted molar refractivity (Wildman–Crippen MR) is 91.4 cm³/mol. The molecule has 1 aliphatic rings. The molecule has 5 nitrogen and oxygen atoms in total. The van der Waals surface area contributed by atoms with E-state index < -0.39 is 0 Å². The highest BCUT2D eigenvalue weighted by Gasteiger charge is 2.26. The van der Waals surface area contributed by atoms with Crippen LogP contribution >= 0.6 is 11.6 Å². The molecule has 24 heavy (non-hydrogen) atoms. The van der Waals surface area contributed by atoms with Gasteiger partial charge < -0.3 is 4.90 Å². The smallest absolute Gasteiger partial charge is 0.263 e. The molecule has 0 saturated carbocycles. The first-order valence-corrected chi connectivity index (χ1v) is 8.06. The number of hydrogen-bond donors (Lipinski definition) is 0. The fraction of sp³-hybridized carbons (Fsp3) is 0.167. The first-order chi connectivity index (χ1) is 11.6. The third-order valence-corrected chi connectivity index (χ3v) is 4.60. The van der Waals surface area contributed by atoms with E-state index in [4.69, 9.17) is 11.6 Å². The normalized spacial score (nSPS) is 13.8. The van der Waals surface area contributed by atoms with Gasteiger partial charge in [0.25, 0.3) is 11.5 Å². The SMILES string of the molecule is O=C(c1ccccc1Cl)N1CCc2nc3ccccn3c(=O)c2C1. The molecule has 1 aromatic carbocycles. The first kappa shape index (κ1) is 14.9. The summed E-state index contributed by atoms with van der Waals surface area (Å²) < 4.78 is 1.52. The van der Waals surface area contributed by atoms with Crippen molar-refractivity contribution >= 4 is 23.2 Å². The van der Waals surface area contributed by atoms with Gasteiger partial charge in [-0.3, -0.25) is 14.0 Å². The molecule has 0 bridgehead atoms. The summed E-state index contributed by atoms with van der Waals surface area (Å²) >= 11 is 6.12. The van der Waals surface area contributed by atoms with Gasteiger partial charge >= 0.3 is 0 Å². The van der Waals surface area contributed by atoms with E-state index in [1.54, 1.807) is 41.4 Å². The van der Waals surface area contributed by atoms with Gasteiger partial charge in [-0.2, -0.15) is 0 Å². The molecule has 6 heteroatoms. The van der Waals surface area contributed by atoms with Crippen molar-refractivity contribution < 1.29 is 4.79 Å². The van der Waals surface area contributed by atoms with Crippen molar-refractivity contribution in [3.8, 4) is 0 Å². The molecule has 3 aromatic rings. The highest BCUT2D eigenvalue weighted by atomic mass is 35.5. The molecular weight excluding hydrogens is 326 g/mol. The lowest BCUT2D eigenvalue weighted by molar-refractivity contribution is 0.0733. The van der Waals surface area contributed by atoms with Gasteiger partial charge in [-0.15, -0.1) is 0 Å². The average molecular weight is 340 g/mol. The molecule has 0 fully saturated rings. The Bertz CT molecular complexity index is 1010. The lowest BCUT2D eigenvalue weighted by atomic mass is 10.1. The Morgan fingerprint density at radius 3 is 2.75 bits per heavy atom.